The highest BCUT2D eigenvalue weighted by molar-refractivity contribution is 7.85. The van der Waals surface area contributed by atoms with Gasteiger partial charge >= 0.3 is 6.18 Å². The molecule has 166 valence electrons. The fourth-order valence-corrected chi connectivity index (χ4v) is 6.54. The van der Waals surface area contributed by atoms with Gasteiger partial charge in [-0.2, -0.15) is 13.2 Å². The molecular weight excluding hydrogens is 437 g/mol. The summed E-state index contributed by atoms with van der Waals surface area (Å²) in [6, 6.07) is 14.0. The average Bonchev–Trinajstić information content (AvgIpc) is 2.62. The van der Waals surface area contributed by atoms with Crippen molar-refractivity contribution < 1.29 is 21.8 Å². The van der Waals surface area contributed by atoms with Gasteiger partial charge in [-0.05, 0) is 62.3 Å². The molecule has 0 aliphatic carbocycles. The van der Waals surface area contributed by atoms with Crippen molar-refractivity contribution in [3.05, 3.63) is 70.8 Å². The van der Waals surface area contributed by atoms with Crippen molar-refractivity contribution in [1.82, 2.24) is 0 Å². The van der Waals surface area contributed by atoms with Crippen LogP contribution in [-0.4, -0.2) is 18.7 Å². The van der Waals surface area contributed by atoms with Crippen molar-refractivity contribution in [2.75, 3.05) is 0 Å². The molecule has 0 aliphatic heterocycles. The molecule has 3 aromatic rings. The SMILES string of the molecule is Cc1cc(C)c(S(=O)c2c([C@@H](O[Si](C)(C)C)C(F)(F)F)ccc3ccccc23)c(C)c1. The first kappa shape index (κ1) is 23.7. The molecule has 0 radical (unpaired) electrons. The van der Waals surface area contributed by atoms with E-state index >= 15 is 0 Å². The third kappa shape index (κ3) is 5.10. The Morgan fingerprint density at radius 3 is 2.03 bits per heavy atom. The molecule has 0 N–H and O–H groups in total. The lowest BCUT2D eigenvalue weighted by Crippen LogP contribution is -2.35. The zero-order valence-corrected chi connectivity index (χ0v) is 20.4. The molecule has 0 fully saturated rings. The number of rotatable bonds is 5. The van der Waals surface area contributed by atoms with Crippen molar-refractivity contribution in [1.29, 1.82) is 0 Å². The summed E-state index contributed by atoms with van der Waals surface area (Å²) in [6.07, 6.45) is -6.76. The van der Waals surface area contributed by atoms with Gasteiger partial charge in [-0.15, -0.1) is 0 Å². The lowest BCUT2D eigenvalue weighted by atomic mass is 10.0. The van der Waals surface area contributed by atoms with Crippen molar-refractivity contribution in [3.8, 4) is 0 Å². The summed E-state index contributed by atoms with van der Waals surface area (Å²) in [6.45, 7) is 10.8. The summed E-state index contributed by atoms with van der Waals surface area (Å²) in [5, 5.41) is 1.29. The monoisotopic (exact) mass is 464 g/mol. The van der Waals surface area contributed by atoms with Crippen LogP contribution in [-0.2, 0) is 15.2 Å². The Kier molecular flexibility index (Phi) is 6.51. The third-order valence-corrected chi connectivity index (χ3v) is 7.72. The number of benzene rings is 3. The average molecular weight is 465 g/mol. The molecule has 0 saturated heterocycles. The zero-order chi connectivity index (χ0) is 23.1. The smallest absolute Gasteiger partial charge is 0.403 e. The van der Waals surface area contributed by atoms with Gasteiger partial charge < -0.3 is 4.43 Å². The Labute approximate surface area is 185 Å². The fourth-order valence-electron chi connectivity index (χ4n) is 3.89. The van der Waals surface area contributed by atoms with Gasteiger partial charge in [0, 0.05) is 10.5 Å². The second kappa shape index (κ2) is 8.52. The topological polar surface area (TPSA) is 26.3 Å². The Balaban J connectivity index is 2.35. The standard InChI is InChI=1S/C24H27F3O2SSi/c1-15-13-16(2)21(17(3)14-15)30(28)22-19-10-8-7-9-18(19)11-12-20(22)23(24(25,26)27)29-31(4,5)6/h7-14,23H,1-6H3/t23-,30?/m1/s1. The summed E-state index contributed by atoms with van der Waals surface area (Å²) in [5.41, 5.74) is 2.53. The van der Waals surface area contributed by atoms with Crippen molar-refractivity contribution in [2.24, 2.45) is 0 Å². The molecule has 31 heavy (non-hydrogen) atoms. The molecule has 3 rings (SSSR count). The van der Waals surface area contributed by atoms with Gasteiger partial charge in [0.05, 0.1) is 15.7 Å². The minimum Gasteiger partial charge on any atom is -0.403 e. The molecule has 0 aromatic heterocycles. The van der Waals surface area contributed by atoms with Crippen LogP contribution in [0.3, 0.4) is 0 Å². The van der Waals surface area contributed by atoms with Crippen LogP contribution >= 0.6 is 0 Å². The molecule has 2 nitrogen and oxygen atoms in total. The van der Waals surface area contributed by atoms with Crippen LogP contribution in [0.1, 0.15) is 28.4 Å². The van der Waals surface area contributed by atoms with E-state index in [4.69, 9.17) is 4.43 Å². The number of fused-ring (bicyclic) bond motifs is 1. The highest BCUT2D eigenvalue weighted by atomic mass is 32.2. The first-order chi connectivity index (χ1) is 14.3. The van der Waals surface area contributed by atoms with Gasteiger partial charge in [-0.1, -0.05) is 54.1 Å². The van der Waals surface area contributed by atoms with Crippen LogP contribution in [0.2, 0.25) is 19.6 Å². The summed E-state index contributed by atoms with van der Waals surface area (Å²) >= 11 is 0. The number of halogens is 3. The minimum absolute atomic E-state index is 0.0775. The van der Waals surface area contributed by atoms with E-state index in [9.17, 15) is 17.4 Å². The van der Waals surface area contributed by atoms with Crippen molar-refractivity contribution >= 4 is 29.9 Å². The van der Waals surface area contributed by atoms with E-state index in [0.717, 1.165) is 22.1 Å². The normalized spacial score (nSPS) is 14.6. The lowest BCUT2D eigenvalue weighted by Gasteiger charge is -2.30. The molecule has 7 heteroatoms. The Bertz CT molecular complexity index is 1130. The van der Waals surface area contributed by atoms with Gasteiger partial charge in [0.15, 0.2) is 14.4 Å². The number of aryl methyl sites for hydroxylation is 3. The Hall–Kier alpha value is -1.96. The number of hydrogen-bond acceptors (Lipinski definition) is 2. The van der Waals surface area contributed by atoms with Crippen LogP contribution in [0.15, 0.2) is 58.3 Å². The third-order valence-electron chi connectivity index (χ3n) is 4.94. The maximum Gasteiger partial charge on any atom is 0.417 e. The van der Waals surface area contributed by atoms with Gasteiger partial charge in [0.1, 0.15) is 0 Å². The zero-order valence-electron chi connectivity index (χ0n) is 18.6. The Morgan fingerprint density at radius 2 is 1.48 bits per heavy atom. The Morgan fingerprint density at radius 1 is 0.903 bits per heavy atom. The van der Waals surface area contributed by atoms with E-state index in [0.29, 0.717) is 10.3 Å². The molecular formula is C24H27F3O2SSi. The van der Waals surface area contributed by atoms with Crippen LogP contribution < -0.4 is 0 Å². The lowest BCUT2D eigenvalue weighted by molar-refractivity contribution is -0.201. The summed E-state index contributed by atoms with van der Waals surface area (Å²) < 4.78 is 62.1. The quantitative estimate of drug-likeness (QED) is 0.368. The molecule has 3 aromatic carbocycles. The number of hydrogen-bond donors (Lipinski definition) is 0. The minimum atomic E-state index is -4.63. The molecule has 0 heterocycles. The van der Waals surface area contributed by atoms with Gasteiger partial charge in [-0.25, -0.2) is 4.21 Å². The number of alkyl halides is 3. The van der Waals surface area contributed by atoms with Crippen LogP contribution in [0, 0.1) is 20.8 Å². The molecule has 0 spiro atoms. The van der Waals surface area contributed by atoms with Crippen LogP contribution in [0.4, 0.5) is 13.2 Å². The van der Waals surface area contributed by atoms with Gasteiger partial charge in [0.25, 0.3) is 0 Å². The first-order valence-electron chi connectivity index (χ1n) is 10.1. The van der Waals surface area contributed by atoms with E-state index < -0.39 is 31.4 Å². The second-order valence-corrected chi connectivity index (χ2v) is 14.7. The summed E-state index contributed by atoms with van der Waals surface area (Å²) in [4.78, 5) is 0.728. The van der Waals surface area contributed by atoms with E-state index in [1.54, 1.807) is 37.8 Å². The molecule has 0 bridgehead atoms. The highest BCUT2D eigenvalue weighted by Crippen LogP contribution is 2.43. The van der Waals surface area contributed by atoms with Crippen molar-refractivity contribution in [2.45, 2.75) is 62.5 Å². The largest absolute Gasteiger partial charge is 0.417 e. The predicted molar refractivity (Wildman–Crippen MR) is 123 cm³/mol. The molecule has 2 atom stereocenters. The van der Waals surface area contributed by atoms with E-state index in [2.05, 4.69) is 0 Å². The summed E-state index contributed by atoms with van der Waals surface area (Å²) in [7, 11) is -4.38. The first-order valence-corrected chi connectivity index (χ1v) is 14.6. The maximum atomic E-state index is 14.2. The molecule has 0 amide bonds. The van der Waals surface area contributed by atoms with Gasteiger partial charge in [0.2, 0.25) is 0 Å². The summed E-state index contributed by atoms with van der Waals surface area (Å²) in [5.74, 6) is 0. The van der Waals surface area contributed by atoms with Crippen LogP contribution in [0.5, 0.6) is 0 Å². The molecule has 0 aliphatic rings. The van der Waals surface area contributed by atoms with E-state index in [-0.39, 0.29) is 10.5 Å². The highest BCUT2D eigenvalue weighted by Gasteiger charge is 2.46. The van der Waals surface area contributed by atoms with Crippen LogP contribution in [0.25, 0.3) is 10.8 Å². The molecule has 0 saturated carbocycles. The predicted octanol–water partition coefficient (Wildman–Crippen LogP) is 7.39. The fraction of sp³-hybridized carbons (Fsp3) is 0.333. The van der Waals surface area contributed by atoms with E-state index in [1.165, 1.54) is 6.07 Å². The maximum absolute atomic E-state index is 14.2. The van der Waals surface area contributed by atoms with Gasteiger partial charge in [-0.3, -0.25) is 0 Å². The molecule has 1 unspecified atom stereocenters. The van der Waals surface area contributed by atoms with Crippen molar-refractivity contribution in [3.63, 3.8) is 0 Å². The second-order valence-electron chi connectivity index (χ2n) is 8.85. The van der Waals surface area contributed by atoms with E-state index in [1.807, 2.05) is 45.0 Å².